The number of piperazine rings is 1. The number of likely N-dealkylation sites (tertiary alicyclic amines) is 1. The standard InChI is InChI=1S/C53H61F2N9O7/c1-3-37-41(54)7-4-33-23-36(65)24-39(44(33)37)46-45(55)47-40(25-56-46)48(63-20-21-70-30-52(2,69)28-63)59-51(58-47)71-31-53(12-13-53)29-61-14-10-32(11-15-61)26-60-16-18-62(19-17-60)35-5-6-38-34(22-35)27-64(50(38)68)42-8-9-43(66)57-49(42)67/h4-7,22-25,32,42,65,69H,3,8-21,26-31H2,1-2H3,(H,57,66,67)/t42-,52-/m0/s1. The fourth-order valence-electron chi connectivity index (χ4n) is 11.6. The van der Waals surface area contributed by atoms with Crippen LogP contribution >= 0.6 is 0 Å². The van der Waals surface area contributed by atoms with Crippen molar-refractivity contribution in [3.8, 4) is 23.0 Å². The minimum absolute atomic E-state index is 0.0159. The molecule has 71 heavy (non-hydrogen) atoms. The van der Waals surface area contributed by atoms with Gasteiger partial charge in [-0.3, -0.25) is 29.6 Å². The number of piperidine rings is 2. The van der Waals surface area contributed by atoms with Gasteiger partial charge in [-0.2, -0.15) is 9.97 Å². The Bertz CT molecular complexity index is 2920. The van der Waals surface area contributed by atoms with Crippen molar-refractivity contribution in [2.24, 2.45) is 11.3 Å². The molecule has 5 aromatic rings. The van der Waals surface area contributed by atoms with Gasteiger partial charge in [0.25, 0.3) is 5.91 Å². The number of fused-ring (bicyclic) bond motifs is 3. The molecule has 3 aromatic carbocycles. The number of aromatic hydroxyl groups is 1. The summed E-state index contributed by atoms with van der Waals surface area (Å²) in [5.74, 6) is -1.16. The number of nitrogens with one attached hydrogen (secondary N) is 1. The van der Waals surface area contributed by atoms with Crippen molar-refractivity contribution >= 4 is 50.9 Å². The molecular weight excluding hydrogens is 913 g/mol. The Balaban J connectivity index is 0.729. The second kappa shape index (κ2) is 18.8. The van der Waals surface area contributed by atoms with Crippen molar-refractivity contribution in [1.82, 2.24) is 35.0 Å². The van der Waals surface area contributed by atoms with Gasteiger partial charge < -0.3 is 39.3 Å². The van der Waals surface area contributed by atoms with Crippen LogP contribution in [0, 0.1) is 23.0 Å². The predicted molar refractivity (Wildman–Crippen MR) is 262 cm³/mol. The minimum atomic E-state index is -1.20. The molecule has 7 heterocycles. The highest BCUT2D eigenvalue weighted by Gasteiger charge is 2.46. The van der Waals surface area contributed by atoms with Crippen molar-refractivity contribution in [3.63, 3.8) is 0 Å². The molecule has 3 amide bonds. The topological polar surface area (TPSA) is 177 Å². The molecule has 2 atom stereocenters. The van der Waals surface area contributed by atoms with E-state index < -0.39 is 29.2 Å². The van der Waals surface area contributed by atoms with Crippen LogP contribution in [-0.2, 0) is 27.3 Å². The molecule has 3 N–H and O–H groups in total. The number of halogens is 2. The Kier molecular flexibility index (Phi) is 12.5. The molecule has 0 radical (unpaired) electrons. The monoisotopic (exact) mass is 973 g/mol. The zero-order chi connectivity index (χ0) is 49.2. The maximum Gasteiger partial charge on any atom is 0.319 e. The Labute approximate surface area is 410 Å². The summed E-state index contributed by atoms with van der Waals surface area (Å²) < 4.78 is 44.6. The number of hydrogen-bond donors (Lipinski definition) is 3. The number of amides is 3. The number of carbonyl (C=O) groups excluding carboxylic acids is 3. The Hall–Kier alpha value is -6.08. The Morgan fingerprint density at radius 1 is 0.915 bits per heavy atom. The van der Waals surface area contributed by atoms with E-state index in [1.807, 2.05) is 24.0 Å². The quantitative estimate of drug-likeness (QED) is 0.135. The van der Waals surface area contributed by atoms with Crippen LogP contribution in [0.15, 0.2) is 48.7 Å². The van der Waals surface area contributed by atoms with Gasteiger partial charge in [-0.25, -0.2) is 8.78 Å². The number of benzene rings is 3. The molecule has 0 spiro atoms. The van der Waals surface area contributed by atoms with Crippen LogP contribution in [0.2, 0.25) is 0 Å². The average Bonchev–Trinajstić information content (AvgIpc) is 4.09. The number of nitrogens with zero attached hydrogens (tertiary/aromatic N) is 8. The number of imide groups is 1. The van der Waals surface area contributed by atoms with E-state index >= 15 is 8.78 Å². The normalized spacial score (nSPS) is 23.4. The van der Waals surface area contributed by atoms with Gasteiger partial charge >= 0.3 is 6.01 Å². The summed E-state index contributed by atoms with van der Waals surface area (Å²) in [4.78, 5) is 62.5. The lowest BCUT2D eigenvalue weighted by molar-refractivity contribution is -0.136. The number of phenolic OH excluding ortho intramolecular Hbond substituents is 1. The maximum atomic E-state index is 17.2. The Morgan fingerprint density at radius 3 is 2.48 bits per heavy atom. The summed E-state index contributed by atoms with van der Waals surface area (Å²) in [6, 6.07) is 11.2. The van der Waals surface area contributed by atoms with Gasteiger partial charge in [-0.1, -0.05) is 13.0 Å². The molecule has 0 unspecified atom stereocenters. The van der Waals surface area contributed by atoms with E-state index in [4.69, 9.17) is 14.5 Å². The molecule has 2 aromatic heterocycles. The molecule has 1 aliphatic carbocycles. The smallest absolute Gasteiger partial charge is 0.319 e. The summed E-state index contributed by atoms with van der Waals surface area (Å²) in [6.45, 7) is 12.9. The van der Waals surface area contributed by atoms with Crippen molar-refractivity contribution in [1.29, 1.82) is 0 Å². The molecule has 5 fully saturated rings. The van der Waals surface area contributed by atoms with E-state index in [2.05, 4.69) is 36.1 Å². The van der Waals surface area contributed by atoms with Gasteiger partial charge in [0.05, 0.1) is 31.8 Å². The first-order valence-electron chi connectivity index (χ1n) is 25.2. The minimum Gasteiger partial charge on any atom is -0.508 e. The van der Waals surface area contributed by atoms with Crippen molar-refractivity contribution in [2.75, 3.05) is 95.1 Å². The van der Waals surface area contributed by atoms with E-state index in [1.165, 1.54) is 24.4 Å². The second-order valence-corrected chi connectivity index (χ2v) is 21.0. The van der Waals surface area contributed by atoms with Crippen LogP contribution in [0.5, 0.6) is 11.8 Å². The Morgan fingerprint density at radius 2 is 1.72 bits per heavy atom. The van der Waals surface area contributed by atoms with Crippen molar-refractivity contribution in [2.45, 2.75) is 77.0 Å². The first-order chi connectivity index (χ1) is 34.2. The van der Waals surface area contributed by atoms with Gasteiger partial charge in [0, 0.05) is 87.2 Å². The molecule has 374 valence electrons. The third-order valence-corrected chi connectivity index (χ3v) is 15.6. The first-order valence-corrected chi connectivity index (χ1v) is 25.2. The molecular formula is C53H61F2N9O7. The molecule has 1 saturated carbocycles. The summed E-state index contributed by atoms with van der Waals surface area (Å²) in [6.07, 6.45) is 6.63. The van der Waals surface area contributed by atoms with E-state index in [9.17, 15) is 24.6 Å². The maximum absolute atomic E-state index is 17.2. The predicted octanol–water partition coefficient (Wildman–Crippen LogP) is 5.43. The van der Waals surface area contributed by atoms with Crippen LogP contribution < -0.4 is 19.9 Å². The van der Waals surface area contributed by atoms with E-state index in [0.29, 0.717) is 78.2 Å². The van der Waals surface area contributed by atoms with E-state index in [-0.39, 0.29) is 65.3 Å². The number of aromatic nitrogens is 3. The molecule has 11 rings (SSSR count). The summed E-state index contributed by atoms with van der Waals surface area (Å²) >= 11 is 0. The number of hydrogen-bond acceptors (Lipinski definition) is 14. The van der Waals surface area contributed by atoms with Crippen LogP contribution in [0.3, 0.4) is 0 Å². The van der Waals surface area contributed by atoms with Gasteiger partial charge in [0.2, 0.25) is 11.8 Å². The zero-order valence-corrected chi connectivity index (χ0v) is 40.4. The fraction of sp³-hybridized carbons (Fsp3) is 0.509. The first kappa shape index (κ1) is 47.3. The number of ether oxygens (including phenoxy) is 2. The van der Waals surface area contributed by atoms with Gasteiger partial charge in [-0.15, -0.1) is 0 Å². The number of β-amino-alcohol motifs (C(OH)–C–C–N with tert-alkyl or cyclic N) is 1. The zero-order valence-electron chi connectivity index (χ0n) is 40.4. The second-order valence-electron chi connectivity index (χ2n) is 21.0. The SMILES string of the molecule is CCc1c(F)ccc2cc(O)cc(-c3ncc4c(N5CCOC[C@@](C)(O)C5)nc(OCC5(CN6CCC(CN7CCN(c8ccc9c(c8)CN([C@H]8CCC(=O)NC8=O)C9=O)CC7)CC6)CC5)nc4c3F)c12. The van der Waals surface area contributed by atoms with Crippen LogP contribution in [0.1, 0.15) is 73.9 Å². The molecule has 0 bridgehead atoms. The van der Waals surface area contributed by atoms with Crippen molar-refractivity contribution < 1.29 is 42.9 Å². The molecule has 4 saturated heterocycles. The van der Waals surface area contributed by atoms with Crippen LogP contribution in [0.4, 0.5) is 20.3 Å². The van der Waals surface area contributed by atoms with Crippen molar-refractivity contribution in [3.05, 3.63) is 77.0 Å². The lowest BCUT2D eigenvalue weighted by Crippen LogP contribution is -2.52. The highest BCUT2D eigenvalue weighted by atomic mass is 19.1. The summed E-state index contributed by atoms with van der Waals surface area (Å²) in [5, 5.41) is 25.6. The van der Waals surface area contributed by atoms with Gasteiger partial charge in [-0.05, 0) is 123 Å². The summed E-state index contributed by atoms with van der Waals surface area (Å²) in [7, 11) is 0. The van der Waals surface area contributed by atoms with E-state index in [0.717, 1.165) is 89.3 Å². The number of anilines is 2. The number of rotatable bonds is 12. The lowest BCUT2D eigenvalue weighted by atomic mass is 9.94. The number of carbonyl (C=O) groups is 3. The van der Waals surface area contributed by atoms with Crippen LogP contribution in [0.25, 0.3) is 32.9 Å². The highest BCUT2D eigenvalue weighted by molar-refractivity contribution is 6.06. The molecule has 16 nitrogen and oxygen atoms in total. The van der Waals surface area contributed by atoms with E-state index in [1.54, 1.807) is 17.9 Å². The van der Waals surface area contributed by atoms with Crippen LogP contribution in [-0.4, -0.2) is 154 Å². The van der Waals surface area contributed by atoms with Gasteiger partial charge in [0.15, 0.2) is 5.82 Å². The highest BCUT2D eigenvalue weighted by Crippen LogP contribution is 2.47. The largest absolute Gasteiger partial charge is 0.508 e. The number of pyridine rings is 1. The number of phenols is 1. The third-order valence-electron chi connectivity index (χ3n) is 15.6. The summed E-state index contributed by atoms with van der Waals surface area (Å²) in [5.41, 5.74) is 1.89. The molecule has 6 aliphatic rings. The molecule has 18 heteroatoms. The number of aryl methyl sites for hydroxylation is 1. The van der Waals surface area contributed by atoms with Gasteiger partial charge in [0.1, 0.15) is 40.2 Å². The third kappa shape index (κ3) is 9.46. The fourth-order valence-corrected chi connectivity index (χ4v) is 11.6. The average molecular weight is 974 g/mol. The lowest BCUT2D eigenvalue weighted by Gasteiger charge is -2.40. The molecule has 5 aliphatic heterocycles. The number of aliphatic hydroxyl groups is 1.